The molecule has 2 aromatic heterocycles. The molecule has 0 aliphatic heterocycles. The highest BCUT2D eigenvalue weighted by atomic mass is 19.1. The van der Waals surface area contributed by atoms with Crippen molar-refractivity contribution in [2.24, 2.45) is 0 Å². The first-order chi connectivity index (χ1) is 17.2. The lowest BCUT2D eigenvalue weighted by atomic mass is 10.1. The molecule has 184 valence electrons. The highest BCUT2D eigenvalue weighted by Gasteiger charge is 2.26. The molecule has 3 N–H and O–H groups in total. The first kappa shape index (κ1) is 24.5. The number of aromatic nitrogens is 2. The van der Waals surface area contributed by atoms with E-state index in [1.54, 1.807) is 18.2 Å². The Kier molecular flexibility index (Phi) is 7.05. The smallest absolute Gasteiger partial charge is 0.267 e. The van der Waals surface area contributed by atoms with Crippen molar-refractivity contribution in [2.45, 2.75) is 13.3 Å². The van der Waals surface area contributed by atoms with E-state index in [4.69, 9.17) is 0 Å². The van der Waals surface area contributed by atoms with Crippen molar-refractivity contribution in [2.75, 3.05) is 18.0 Å². The average Bonchev–Trinajstić information content (AvgIpc) is 2.83. The first-order valence-corrected chi connectivity index (χ1v) is 11.0. The fourth-order valence-corrected chi connectivity index (χ4v) is 3.78. The number of halogens is 2. The van der Waals surface area contributed by atoms with E-state index in [-0.39, 0.29) is 41.5 Å². The minimum absolute atomic E-state index is 0.0155. The largest absolute Gasteiger partial charge is 0.505 e. The lowest BCUT2D eigenvalue weighted by Crippen LogP contribution is -2.40. The van der Waals surface area contributed by atoms with Crippen molar-refractivity contribution in [3.8, 4) is 5.75 Å². The molecule has 10 heteroatoms. The van der Waals surface area contributed by atoms with E-state index in [1.165, 1.54) is 37.4 Å². The Morgan fingerprint density at radius 1 is 1.03 bits per heavy atom. The number of aromatic hydroxyl groups is 1. The van der Waals surface area contributed by atoms with Gasteiger partial charge in [0.25, 0.3) is 11.5 Å². The van der Waals surface area contributed by atoms with Gasteiger partial charge in [-0.15, -0.1) is 0 Å². The number of hydrogen-bond acceptors (Lipinski definition) is 5. The molecule has 2 aromatic carbocycles. The fourth-order valence-electron chi connectivity index (χ4n) is 3.78. The molecule has 0 saturated carbocycles. The molecule has 2 amide bonds. The Morgan fingerprint density at radius 2 is 1.67 bits per heavy atom. The van der Waals surface area contributed by atoms with Gasteiger partial charge in [-0.05, 0) is 60.0 Å². The number of carbonyl (C=O) groups excluding carboxylic acids is 2. The zero-order valence-electron chi connectivity index (χ0n) is 19.2. The van der Waals surface area contributed by atoms with Crippen LogP contribution in [0.1, 0.15) is 28.4 Å². The summed E-state index contributed by atoms with van der Waals surface area (Å²) in [5.41, 5.74) is 0.664. The van der Waals surface area contributed by atoms with E-state index >= 15 is 0 Å². The standard InChI is InChI=1S/C26H22F2N4O4/c1-15(33)29-10-11-32(20-8-6-19(28)7-9-20)26(36)22-24(34)23-21(31-25(22)35)13-17(14-30-23)12-16-2-4-18(27)5-3-16/h2-9,13-14H,10-12H2,1H3,(H,29,33)(H2,31,34,35). The van der Waals surface area contributed by atoms with Gasteiger partial charge in [0.2, 0.25) is 5.91 Å². The lowest BCUT2D eigenvalue weighted by Gasteiger charge is -2.23. The van der Waals surface area contributed by atoms with Crippen LogP contribution >= 0.6 is 0 Å². The molecule has 8 nitrogen and oxygen atoms in total. The van der Waals surface area contributed by atoms with E-state index in [0.717, 1.165) is 22.6 Å². The van der Waals surface area contributed by atoms with Gasteiger partial charge >= 0.3 is 0 Å². The Hall–Kier alpha value is -4.60. The molecule has 36 heavy (non-hydrogen) atoms. The number of amides is 2. The summed E-state index contributed by atoms with van der Waals surface area (Å²) in [4.78, 5) is 45.6. The zero-order valence-corrected chi connectivity index (χ0v) is 19.2. The predicted molar refractivity (Wildman–Crippen MR) is 130 cm³/mol. The van der Waals surface area contributed by atoms with Gasteiger partial charge in [0.15, 0.2) is 5.75 Å². The molecule has 2 heterocycles. The molecule has 0 saturated heterocycles. The molecule has 4 rings (SSSR count). The summed E-state index contributed by atoms with van der Waals surface area (Å²) in [6.07, 6.45) is 1.90. The number of nitrogens with zero attached hydrogens (tertiary/aromatic N) is 2. The highest BCUT2D eigenvalue weighted by Crippen LogP contribution is 2.27. The number of hydrogen-bond donors (Lipinski definition) is 3. The van der Waals surface area contributed by atoms with E-state index < -0.39 is 28.6 Å². The van der Waals surface area contributed by atoms with E-state index in [1.807, 2.05) is 0 Å². The third-order valence-corrected chi connectivity index (χ3v) is 5.51. The van der Waals surface area contributed by atoms with Gasteiger partial charge in [-0.1, -0.05) is 12.1 Å². The maximum Gasteiger partial charge on any atom is 0.267 e. The Labute approximate surface area is 204 Å². The van der Waals surface area contributed by atoms with Crippen molar-refractivity contribution in [1.29, 1.82) is 0 Å². The number of pyridine rings is 2. The van der Waals surface area contributed by atoms with E-state index in [9.17, 15) is 28.3 Å². The summed E-state index contributed by atoms with van der Waals surface area (Å²) in [6.45, 7) is 1.35. The molecular formula is C26H22F2N4O4. The van der Waals surface area contributed by atoms with Crippen LogP contribution in [0, 0.1) is 11.6 Å². The van der Waals surface area contributed by atoms with Crippen LogP contribution in [0.3, 0.4) is 0 Å². The number of fused-ring (bicyclic) bond motifs is 1. The monoisotopic (exact) mass is 492 g/mol. The second-order valence-electron chi connectivity index (χ2n) is 8.14. The van der Waals surface area contributed by atoms with Crippen LogP contribution in [0.25, 0.3) is 11.0 Å². The van der Waals surface area contributed by atoms with Crippen LogP contribution in [0.2, 0.25) is 0 Å². The molecule has 0 aliphatic carbocycles. The average molecular weight is 492 g/mol. The zero-order chi connectivity index (χ0) is 25.8. The van der Waals surface area contributed by atoms with Gasteiger partial charge in [-0.25, -0.2) is 8.78 Å². The minimum atomic E-state index is -0.843. The molecule has 4 aromatic rings. The van der Waals surface area contributed by atoms with Crippen LogP contribution in [-0.4, -0.2) is 40.0 Å². The van der Waals surface area contributed by atoms with Crippen LogP contribution in [0.4, 0.5) is 14.5 Å². The van der Waals surface area contributed by atoms with Gasteiger partial charge < -0.3 is 20.3 Å². The van der Waals surface area contributed by atoms with Crippen molar-refractivity contribution < 1.29 is 23.5 Å². The number of anilines is 1. The summed E-state index contributed by atoms with van der Waals surface area (Å²) in [5.74, 6) is -2.62. The van der Waals surface area contributed by atoms with Gasteiger partial charge in [-0.3, -0.25) is 19.4 Å². The summed E-state index contributed by atoms with van der Waals surface area (Å²) in [5, 5.41) is 13.4. The fraction of sp³-hybridized carbons (Fsp3) is 0.154. The van der Waals surface area contributed by atoms with Crippen LogP contribution in [0.15, 0.2) is 65.6 Å². The van der Waals surface area contributed by atoms with E-state index in [0.29, 0.717) is 12.0 Å². The number of benzene rings is 2. The maximum atomic E-state index is 13.4. The summed E-state index contributed by atoms with van der Waals surface area (Å²) >= 11 is 0. The number of H-pyrrole nitrogens is 1. The van der Waals surface area contributed by atoms with Crippen molar-refractivity contribution in [1.82, 2.24) is 15.3 Å². The van der Waals surface area contributed by atoms with Gasteiger partial charge in [0.05, 0.1) is 5.52 Å². The number of carbonyl (C=O) groups is 2. The topological polar surface area (TPSA) is 115 Å². The van der Waals surface area contributed by atoms with Crippen molar-refractivity contribution in [3.63, 3.8) is 0 Å². The molecule has 0 aliphatic rings. The van der Waals surface area contributed by atoms with Crippen molar-refractivity contribution >= 4 is 28.5 Å². The Morgan fingerprint density at radius 3 is 2.31 bits per heavy atom. The summed E-state index contributed by atoms with van der Waals surface area (Å²) in [6, 6.07) is 12.6. The van der Waals surface area contributed by atoms with Crippen LogP contribution in [-0.2, 0) is 11.2 Å². The molecule has 0 fully saturated rings. The van der Waals surface area contributed by atoms with Crippen LogP contribution < -0.4 is 15.8 Å². The molecular weight excluding hydrogens is 470 g/mol. The minimum Gasteiger partial charge on any atom is -0.505 e. The van der Waals surface area contributed by atoms with Gasteiger partial charge in [-0.2, -0.15) is 0 Å². The molecule has 0 atom stereocenters. The third kappa shape index (κ3) is 5.38. The number of nitrogens with one attached hydrogen (secondary N) is 2. The highest BCUT2D eigenvalue weighted by molar-refractivity contribution is 6.10. The molecule has 0 bridgehead atoms. The third-order valence-electron chi connectivity index (χ3n) is 5.51. The predicted octanol–water partition coefficient (Wildman–Crippen LogP) is 3.28. The lowest BCUT2D eigenvalue weighted by molar-refractivity contribution is -0.118. The normalized spacial score (nSPS) is 10.9. The second-order valence-corrected chi connectivity index (χ2v) is 8.14. The first-order valence-electron chi connectivity index (χ1n) is 11.0. The summed E-state index contributed by atoms with van der Waals surface area (Å²) < 4.78 is 26.6. The molecule has 0 radical (unpaired) electrons. The van der Waals surface area contributed by atoms with Gasteiger partial charge in [0.1, 0.15) is 22.7 Å². The molecule has 0 unspecified atom stereocenters. The van der Waals surface area contributed by atoms with Crippen molar-refractivity contribution in [3.05, 3.63) is 99.5 Å². The maximum absolute atomic E-state index is 13.4. The Bertz CT molecular complexity index is 1490. The number of aromatic amines is 1. The SMILES string of the molecule is CC(=O)NCCN(C(=O)c1c(O)c2ncc(Cc3ccc(F)cc3)cc2[nH]c1=O)c1ccc(F)cc1. The summed E-state index contributed by atoms with van der Waals surface area (Å²) in [7, 11) is 0. The van der Waals surface area contributed by atoms with Crippen LogP contribution in [0.5, 0.6) is 5.75 Å². The van der Waals surface area contributed by atoms with Gasteiger partial charge in [0, 0.05) is 31.9 Å². The molecule has 0 spiro atoms. The van der Waals surface area contributed by atoms with E-state index in [2.05, 4.69) is 15.3 Å². The quantitative estimate of drug-likeness (QED) is 0.366. The Balaban J connectivity index is 1.69. The second kappa shape index (κ2) is 10.3. The number of rotatable bonds is 7.